The number of nitrogens with one attached hydrogen (secondary N) is 1. The standard InChI is InChI=1S/C14H8F3NO2/c15-9-2-4-10(5-3-9)18-14(20)13(19)8-1-6-11(16)12(17)7-8/h1-7H,(H,18,20). The highest BCUT2D eigenvalue weighted by atomic mass is 19.2. The fourth-order valence-electron chi connectivity index (χ4n) is 1.49. The zero-order valence-corrected chi connectivity index (χ0v) is 9.99. The third kappa shape index (κ3) is 3.03. The molecule has 3 nitrogen and oxygen atoms in total. The molecule has 0 aromatic heterocycles. The van der Waals surface area contributed by atoms with E-state index in [9.17, 15) is 22.8 Å². The number of halogens is 3. The first kappa shape index (κ1) is 13.8. The summed E-state index contributed by atoms with van der Waals surface area (Å²) in [6, 6.07) is 7.16. The average molecular weight is 279 g/mol. The Morgan fingerprint density at radius 2 is 1.50 bits per heavy atom. The van der Waals surface area contributed by atoms with Crippen molar-refractivity contribution in [2.45, 2.75) is 0 Å². The van der Waals surface area contributed by atoms with Crippen molar-refractivity contribution in [3.8, 4) is 0 Å². The van der Waals surface area contributed by atoms with Crippen LogP contribution < -0.4 is 5.32 Å². The van der Waals surface area contributed by atoms with Gasteiger partial charge in [0.25, 0.3) is 11.7 Å². The molecular weight excluding hydrogens is 271 g/mol. The van der Waals surface area contributed by atoms with Crippen LogP contribution in [0.15, 0.2) is 42.5 Å². The maximum Gasteiger partial charge on any atom is 0.296 e. The normalized spacial score (nSPS) is 10.2. The Hall–Kier alpha value is -2.63. The van der Waals surface area contributed by atoms with E-state index in [1.807, 2.05) is 0 Å². The number of Topliss-reactive ketones (excluding diaryl/α,β-unsaturated/α-hetero) is 1. The van der Waals surface area contributed by atoms with E-state index in [1.54, 1.807) is 0 Å². The van der Waals surface area contributed by atoms with Crippen molar-refractivity contribution in [3.63, 3.8) is 0 Å². The van der Waals surface area contributed by atoms with E-state index in [-0.39, 0.29) is 11.3 Å². The number of hydrogen-bond donors (Lipinski definition) is 1. The van der Waals surface area contributed by atoms with E-state index in [4.69, 9.17) is 0 Å². The largest absolute Gasteiger partial charge is 0.319 e. The predicted molar refractivity (Wildman–Crippen MR) is 65.7 cm³/mol. The van der Waals surface area contributed by atoms with Crippen LogP contribution in [0.2, 0.25) is 0 Å². The second-order valence-corrected chi connectivity index (χ2v) is 3.92. The van der Waals surface area contributed by atoms with E-state index in [0.29, 0.717) is 6.07 Å². The summed E-state index contributed by atoms with van der Waals surface area (Å²) in [5.74, 6) is -4.86. The molecule has 20 heavy (non-hydrogen) atoms. The topological polar surface area (TPSA) is 46.2 Å². The van der Waals surface area contributed by atoms with E-state index >= 15 is 0 Å². The molecule has 0 atom stereocenters. The Bertz CT molecular complexity index is 669. The van der Waals surface area contributed by atoms with Gasteiger partial charge in [-0.3, -0.25) is 9.59 Å². The van der Waals surface area contributed by atoms with Crippen LogP contribution >= 0.6 is 0 Å². The minimum Gasteiger partial charge on any atom is -0.319 e. The second kappa shape index (κ2) is 5.56. The van der Waals surface area contributed by atoms with Crippen LogP contribution in [0.3, 0.4) is 0 Å². The van der Waals surface area contributed by atoms with Gasteiger partial charge in [0.2, 0.25) is 0 Å². The zero-order chi connectivity index (χ0) is 14.7. The van der Waals surface area contributed by atoms with Gasteiger partial charge in [-0.05, 0) is 42.5 Å². The number of ketones is 1. The molecular formula is C14H8F3NO2. The predicted octanol–water partition coefficient (Wildman–Crippen LogP) is 2.93. The fourth-order valence-corrected chi connectivity index (χ4v) is 1.49. The summed E-state index contributed by atoms with van der Waals surface area (Å²) in [5.41, 5.74) is -0.0594. The van der Waals surface area contributed by atoms with Crippen molar-refractivity contribution in [2.75, 3.05) is 5.32 Å². The van der Waals surface area contributed by atoms with E-state index in [0.717, 1.165) is 24.3 Å². The Morgan fingerprint density at radius 1 is 0.850 bits per heavy atom. The monoisotopic (exact) mass is 279 g/mol. The van der Waals surface area contributed by atoms with Gasteiger partial charge in [-0.25, -0.2) is 13.2 Å². The van der Waals surface area contributed by atoms with E-state index < -0.39 is 29.1 Å². The first-order chi connectivity index (χ1) is 9.47. The highest BCUT2D eigenvalue weighted by Crippen LogP contribution is 2.12. The molecule has 2 rings (SSSR count). The van der Waals surface area contributed by atoms with Crippen LogP contribution in [0, 0.1) is 17.5 Å². The van der Waals surface area contributed by atoms with Gasteiger partial charge in [-0.1, -0.05) is 0 Å². The number of amides is 1. The van der Waals surface area contributed by atoms with Crippen LogP contribution in [-0.4, -0.2) is 11.7 Å². The molecule has 1 amide bonds. The maximum atomic E-state index is 13.0. The summed E-state index contributed by atoms with van der Waals surface area (Å²) in [7, 11) is 0. The van der Waals surface area contributed by atoms with Crippen LogP contribution in [-0.2, 0) is 4.79 Å². The van der Waals surface area contributed by atoms with Crippen molar-refractivity contribution < 1.29 is 22.8 Å². The molecule has 1 N–H and O–H groups in total. The van der Waals surface area contributed by atoms with Gasteiger partial charge in [0.1, 0.15) is 5.82 Å². The van der Waals surface area contributed by atoms with Gasteiger partial charge in [-0.15, -0.1) is 0 Å². The fraction of sp³-hybridized carbons (Fsp3) is 0. The lowest BCUT2D eigenvalue weighted by molar-refractivity contribution is -0.112. The van der Waals surface area contributed by atoms with Crippen LogP contribution in [0.4, 0.5) is 18.9 Å². The molecule has 0 saturated heterocycles. The summed E-state index contributed by atoms with van der Waals surface area (Å²) in [5, 5.41) is 2.23. The molecule has 0 aliphatic heterocycles. The molecule has 6 heteroatoms. The molecule has 0 fully saturated rings. The molecule has 2 aromatic rings. The molecule has 0 aliphatic carbocycles. The second-order valence-electron chi connectivity index (χ2n) is 3.92. The van der Waals surface area contributed by atoms with E-state index in [2.05, 4.69) is 5.32 Å². The molecule has 0 heterocycles. The molecule has 0 radical (unpaired) electrons. The SMILES string of the molecule is O=C(Nc1ccc(F)cc1)C(=O)c1ccc(F)c(F)c1. The lowest BCUT2D eigenvalue weighted by atomic mass is 10.1. The molecule has 0 aliphatic rings. The smallest absolute Gasteiger partial charge is 0.296 e. The molecule has 102 valence electrons. The van der Waals surface area contributed by atoms with Gasteiger partial charge >= 0.3 is 0 Å². The van der Waals surface area contributed by atoms with Crippen molar-refractivity contribution >= 4 is 17.4 Å². The van der Waals surface area contributed by atoms with Gasteiger partial charge in [-0.2, -0.15) is 0 Å². The molecule has 0 unspecified atom stereocenters. The summed E-state index contributed by atoms with van der Waals surface area (Å²) >= 11 is 0. The average Bonchev–Trinajstić information content (AvgIpc) is 2.43. The Labute approximate surface area is 112 Å². The van der Waals surface area contributed by atoms with Gasteiger partial charge in [0.05, 0.1) is 0 Å². The highest BCUT2D eigenvalue weighted by Gasteiger charge is 2.18. The summed E-state index contributed by atoms with van der Waals surface area (Å²) < 4.78 is 38.4. The van der Waals surface area contributed by atoms with Crippen LogP contribution in [0.5, 0.6) is 0 Å². The third-order valence-corrected chi connectivity index (χ3v) is 2.49. The van der Waals surface area contributed by atoms with Crippen molar-refractivity contribution in [1.82, 2.24) is 0 Å². The van der Waals surface area contributed by atoms with Crippen molar-refractivity contribution in [1.29, 1.82) is 0 Å². The molecule has 0 saturated carbocycles. The molecule has 2 aromatic carbocycles. The van der Waals surface area contributed by atoms with Crippen molar-refractivity contribution in [2.24, 2.45) is 0 Å². The summed E-state index contributed by atoms with van der Waals surface area (Å²) in [6.45, 7) is 0. The van der Waals surface area contributed by atoms with Gasteiger partial charge in [0, 0.05) is 11.3 Å². The number of carbonyl (C=O) groups excluding carboxylic acids is 2. The summed E-state index contributed by atoms with van der Waals surface area (Å²) in [4.78, 5) is 23.3. The first-order valence-electron chi connectivity index (χ1n) is 5.53. The number of carbonyl (C=O) groups is 2. The van der Waals surface area contributed by atoms with Gasteiger partial charge in [0.15, 0.2) is 11.6 Å². The Balaban J connectivity index is 2.14. The molecule has 0 bridgehead atoms. The number of anilines is 1. The minimum atomic E-state index is -1.22. The minimum absolute atomic E-state index is 0.215. The maximum absolute atomic E-state index is 13.0. The quantitative estimate of drug-likeness (QED) is 0.693. The van der Waals surface area contributed by atoms with E-state index in [1.165, 1.54) is 12.1 Å². The van der Waals surface area contributed by atoms with Crippen molar-refractivity contribution in [3.05, 3.63) is 65.5 Å². The van der Waals surface area contributed by atoms with Crippen LogP contribution in [0.25, 0.3) is 0 Å². The van der Waals surface area contributed by atoms with Crippen LogP contribution in [0.1, 0.15) is 10.4 Å². The highest BCUT2D eigenvalue weighted by molar-refractivity contribution is 6.46. The zero-order valence-electron chi connectivity index (χ0n) is 9.99. The number of rotatable bonds is 3. The first-order valence-corrected chi connectivity index (χ1v) is 5.53. The lowest BCUT2D eigenvalue weighted by Crippen LogP contribution is -2.23. The Kier molecular flexibility index (Phi) is 3.84. The molecule has 0 spiro atoms. The number of benzene rings is 2. The number of hydrogen-bond acceptors (Lipinski definition) is 2. The Morgan fingerprint density at radius 3 is 2.10 bits per heavy atom. The summed E-state index contributed by atoms with van der Waals surface area (Å²) in [6.07, 6.45) is 0. The lowest BCUT2D eigenvalue weighted by Gasteiger charge is -2.04. The third-order valence-electron chi connectivity index (χ3n) is 2.49. The van der Waals surface area contributed by atoms with Gasteiger partial charge < -0.3 is 5.32 Å².